The molecule has 2 aliphatic heterocycles. The van der Waals surface area contributed by atoms with Crippen LogP contribution in [0.4, 0.5) is 0 Å². The number of rotatable bonds is 2. The third-order valence-corrected chi connectivity index (χ3v) is 7.82. The summed E-state index contributed by atoms with van der Waals surface area (Å²) in [6, 6.07) is -0.0749. The summed E-state index contributed by atoms with van der Waals surface area (Å²) >= 11 is 0. The first kappa shape index (κ1) is 21.7. The Morgan fingerprint density at radius 3 is 2.60 bits per heavy atom. The Kier molecular flexibility index (Phi) is 5.48. The average Bonchev–Trinajstić information content (AvgIpc) is 3.41. The number of carbonyl (C=O) groups is 2. The number of Topliss-reactive ketones (excluding diaryl/α,β-unsaturated/α-hetero) is 1. The molecule has 0 aromatic heterocycles. The lowest BCUT2D eigenvalue weighted by Gasteiger charge is -2.44. The second kappa shape index (κ2) is 7.57. The minimum atomic E-state index is -1.23. The van der Waals surface area contributed by atoms with E-state index in [-0.39, 0.29) is 35.5 Å². The topological polar surface area (TPSA) is 99.2 Å². The van der Waals surface area contributed by atoms with Gasteiger partial charge in [0, 0.05) is 17.9 Å². The zero-order valence-corrected chi connectivity index (χ0v) is 18.6. The van der Waals surface area contributed by atoms with E-state index in [0.29, 0.717) is 18.8 Å². The van der Waals surface area contributed by atoms with E-state index in [1.165, 1.54) is 5.57 Å². The standard InChI is InChI=1S/C24H35NO5/c1-11(2)8-16-18-14(5)13(4)10-15-9-12(3)6-7-17(26)19(27)20-21(30-20)22(28)24(15,18)23(29)25-16/h9-11,14-21,26-27H,6-8H2,1-5H3,(H,25,29)/b12-9-/t14-,15+,16+,17-,18+,19-,20+,21+,24+/m1/s1. The fraction of sp³-hybridized carbons (Fsp3) is 0.750. The van der Waals surface area contributed by atoms with Crippen LogP contribution >= 0.6 is 0 Å². The molecule has 4 rings (SSSR count). The van der Waals surface area contributed by atoms with Crippen LogP contribution in [-0.4, -0.2) is 52.4 Å². The second-order valence-electron chi connectivity index (χ2n) is 10.3. The Labute approximate surface area is 178 Å². The monoisotopic (exact) mass is 417 g/mol. The number of aliphatic hydroxyl groups excluding tert-OH is 2. The summed E-state index contributed by atoms with van der Waals surface area (Å²) in [5.74, 6) is -0.485. The Morgan fingerprint density at radius 1 is 1.23 bits per heavy atom. The summed E-state index contributed by atoms with van der Waals surface area (Å²) in [5.41, 5.74) is 0.993. The van der Waals surface area contributed by atoms with Crippen molar-refractivity contribution in [2.75, 3.05) is 0 Å². The van der Waals surface area contributed by atoms with E-state index in [1.807, 2.05) is 13.0 Å². The van der Waals surface area contributed by atoms with Gasteiger partial charge < -0.3 is 20.3 Å². The molecular formula is C24H35NO5. The zero-order chi connectivity index (χ0) is 22.0. The van der Waals surface area contributed by atoms with Crippen molar-refractivity contribution in [3.8, 4) is 0 Å². The molecule has 0 bridgehead atoms. The number of allylic oxidation sites excluding steroid dienone is 4. The average molecular weight is 418 g/mol. The summed E-state index contributed by atoms with van der Waals surface area (Å²) in [6.45, 7) is 10.4. The van der Waals surface area contributed by atoms with Gasteiger partial charge in [0.05, 0.1) is 6.10 Å². The molecule has 6 heteroatoms. The normalized spacial score (nSPS) is 47.9. The van der Waals surface area contributed by atoms with Crippen LogP contribution in [0.1, 0.15) is 53.9 Å². The highest BCUT2D eigenvalue weighted by atomic mass is 16.6. The molecule has 166 valence electrons. The van der Waals surface area contributed by atoms with Gasteiger partial charge >= 0.3 is 0 Å². The molecule has 1 spiro atoms. The van der Waals surface area contributed by atoms with Gasteiger partial charge in [0.2, 0.25) is 5.91 Å². The Balaban J connectivity index is 1.87. The molecule has 0 unspecified atom stereocenters. The summed E-state index contributed by atoms with van der Waals surface area (Å²) < 4.78 is 5.61. The maximum Gasteiger partial charge on any atom is 0.235 e. The highest BCUT2D eigenvalue weighted by Crippen LogP contribution is 2.57. The van der Waals surface area contributed by atoms with Crippen molar-refractivity contribution in [1.82, 2.24) is 5.32 Å². The number of fused-ring (bicyclic) bond motifs is 1. The molecule has 2 fully saturated rings. The van der Waals surface area contributed by atoms with Gasteiger partial charge in [-0.25, -0.2) is 0 Å². The molecule has 2 heterocycles. The summed E-state index contributed by atoms with van der Waals surface area (Å²) in [7, 11) is 0. The maximum absolute atomic E-state index is 14.0. The molecule has 4 aliphatic rings. The number of aliphatic hydroxyl groups is 2. The van der Waals surface area contributed by atoms with E-state index in [9.17, 15) is 19.8 Å². The predicted molar refractivity (Wildman–Crippen MR) is 112 cm³/mol. The molecule has 2 aliphatic carbocycles. The molecular weight excluding hydrogens is 382 g/mol. The summed E-state index contributed by atoms with van der Waals surface area (Å²) in [5, 5.41) is 24.0. The molecule has 9 atom stereocenters. The quantitative estimate of drug-likeness (QED) is 0.363. The van der Waals surface area contributed by atoms with Crippen LogP contribution in [0, 0.1) is 29.1 Å². The van der Waals surface area contributed by atoms with Crippen molar-refractivity contribution in [3.63, 3.8) is 0 Å². The van der Waals surface area contributed by atoms with Crippen molar-refractivity contribution < 1.29 is 24.5 Å². The highest BCUT2D eigenvalue weighted by Gasteiger charge is 2.70. The van der Waals surface area contributed by atoms with Crippen LogP contribution in [0.5, 0.6) is 0 Å². The van der Waals surface area contributed by atoms with E-state index >= 15 is 0 Å². The molecule has 0 radical (unpaired) electrons. The summed E-state index contributed by atoms with van der Waals surface area (Å²) in [6.07, 6.45) is 2.29. The first-order chi connectivity index (χ1) is 14.1. The number of amides is 1. The third-order valence-electron chi connectivity index (χ3n) is 7.82. The molecule has 0 aromatic rings. The second-order valence-corrected chi connectivity index (χ2v) is 10.3. The predicted octanol–water partition coefficient (Wildman–Crippen LogP) is 2.14. The van der Waals surface area contributed by atoms with E-state index in [1.54, 1.807) is 0 Å². The van der Waals surface area contributed by atoms with Gasteiger partial charge in [0.25, 0.3) is 0 Å². The largest absolute Gasteiger partial charge is 0.390 e. The van der Waals surface area contributed by atoms with Gasteiger partial charge in [-0.05, 0) is 44.9 Å². The van der Waals surface area contributed by atoms with Gasteiger partial charge in [-0.2, -0.15) is 0 Å². The van der Waals surface area contributed by atoms with Gasteiger partial charge in [0.1, 0.15) is 23.7 Å². The lowest BCUT2D eigenvalue weighted by Crippen LogP contribution is -2.54. The van der Waals surface area contributed by atoms with Crippen molar-refractivity contribution in [2.45, 2.75) is 84.3 Å². The maximum atomic E-state index is 14.0. The molecule has 2 saturated heterocycles. The molecule has 3 N–H and O–H groups in total. The van der Waals surface area contributed by atoms with Gasteiger partial charge in [0.15, 0.2) is 5.78 Å². The van der Waals surface area contributed by atoms with E-state index < -0.39 is 29.8 Å². The number of nitrogens with one attached hydrogen (secondary N) is 1. The van der Waals surface area contributed by atoms with Crippen LogP contribution in [-0.2, 0) is 14.3 Å². The SMILES string of the molecule is CC1=C[C@@H]2/C=C(/C)CC[C@@H](O)[C@@H](O)[C@@H]3O[C@@H]3C(=O)[C@]23C(=O)N[C@@H](CC(C)C)[C@@H]3[C@@H]1C. The number of epoxide rings is 1. The van der Waals surface area contributed by atoms with Crippen LogP contribution < -0.4 is 5.32 Å². The minimum absolute atomic E-state index is 0.0749. The fourth-order valence-corrected chi connectivity index (χ4v) is 6.13. The van der Waals surface area contributed by atoms with Crippen LogP contribution in [0.2, 0.25) is 0 Å². The number of ether oxygens (including phenoxy) is 1. The third kappa shape index (κ3) is 3.19. The highest BCUT2D eigenvalue weighted by molar-refractivity contribution is 6.12. The zero-order valence-electron chi connectivity index (χ0n) is 18.6. The molecule has 1 amide bonds. The first-order valence-corrected chi connectivity index (χ1v) is 11.3. The van der Waals surface area contributed by atoms with Gasteiger partial charge in [-0.1, -0.05) is 44.1 Å². The number of hydrogen-bond acceptors (Lipinski definition) is 5. The minimum Gasteiger partial charge on any atom is -0.390 e. The Bertz CT molecular complexity index is 801. The Morgan fingerprint density at radius 2 is 1.93 bits per heavy atom. The molecule has 0 aromatic carbocycles. The molecule has 0 saturated carbocycles. The van der Waals surface area contributed by atoms with Crippen LogP contribution in [0.25, 0.3) is 0 Å². The van der Waals surface area contributed by atoms with E-state index in [0.717, 1.165) is 12.0 Å². The van der Waals surface area contributed by atoms with Crippen LogP contribution in [0.3, 0.4) is 0 Å². The van der Waals surface area contributed by atoms with Gasteiger partial charge in [-0.3, -0.25) is 9.59 Å². The van der Waals surface area contributed by atoms with Crippen molar-refractivity contribution in [3.05, 3.63) is 23.3 Å². The number of ketones is 1. The lowest BCUT2D eigenvalue weighted by molar-refractivity contribution is -0.146. The molecule has 6 nitrogen and oxygen atoms in total. The lowest BCUT2D eigenvalue weighted by atomic mass is 9.54. The number of carbonyl (C=O) groups excluding carboxylic acids is 2. The van der Waals surface area contributed by atoms with E-state index in [4.69, 9.17) is 4.74 Å². The molecule has 30 heavy (non-hydrogen) atoms. The Hall–Kier alpha value is -1.50. The first-order valence-electron chi connectivity index (χ1n) is 11.3. The smallest absolute Gasteiger partial charge is 0.235 e. The van der Waals surface area contributed by atoms with Gasteiger partial charge in [-0.15, -0.1) is 0 Å². The fourth-order valence-electron chi connectivity index (χ4n) is 6.13. The van der Waals surface area contributed by atoms with Crippen molar-refractivity contribution >= 4 is 11.7 Å². The number of hydrogen-bond donors (Lipinski definition) is 3. The summed E-state index contributed by atoms with van der Waals surface area (Å²) in [4.78, 5) is 27.6. The van der Waals surface area contributed by atoms with Crippen LogP contribution in [0.15, 0.2) is 23.3 Å². The van der Waals surface area contributed by atoms with E-state index in [2.05, 4.69) is 39.1 Å². The van der Waals surface area contributed by atoms with Crippen molar-refractivity contribution in [1.29, 1.82) is 0 Å². The van der Waals surface area contributed by atoms with Crippen molar-refractivity contribution in [2.24, 2.45) is 29.1 Å².